The van der Waals surface area contributed by atoms with Gasteiger partial charge in [-0.1, -0.05) is 38.6 Å². The zero-order chi connectivity index (χ0) is 20.5. The van der Waals surface area contributed by atoms with Crippen LogP contribution in [0.4, 0.5) is 0 Å². The molecule has 0 saturated carbocycles. The minimum atomic E-state index is -0.227. The van der Waals surface area contributed by atoms with Gasteiger partial charge in [0.05, 0.1) is 10.1 Å². The first-order valence-corrected chi connectivity index (χ1v) is 11.5. The number of aromatic nitrogens is 3. The quantitative estimate of drug-likeness (QED) is 0.551. The fourth-order valence-electron chi connectivity index (χ4n) is 3.64. The van der Waals surface area contributed by atoms with E-state index in [1.165, 1.54) is 28.6 Å². The van der Waals surface area contributed by atoms with Crippen LogP contribution in [0.5, 0.6) is 0 Å². The molecule has 0 spiro atoms. The highest BCUT2D eigenvalue weighted by Gasteiger charge is 2.30. The van der Waals surface area contributed by atoms with Crippen molar-refractivity contribution in [2.24, 2.45) is 11.3 Å². The van der Waals surface area contributed by atoms with Crippen LogP contribution in [0, 0.1) is 11.3 Å². The van der Waals surface area contributed by atoms with Crippen molar-refractivity contribution >= 4 is 29.0 Å². The van der Waals surface area contributed by atoms with Crippen molar-refractivity contribution in [3.63, 3.8) is 0 Å². The van der Waals surface area contributed by atoms with E-state index in [4.69, 9.17) is 0 Å². The van der Waals surface area contributed by atoms with E-state index in [9.17, 15) is 4.79 Å². The number of amides is 1. The van der Waals surface area contributed by atoms with Crippen LogP contribution in [0.3, 0.4) is 0 Å². The van der Waals surface area contributed by atoms with E-state index in [0.717, 1.165) is 28.7 Å². The van der Waals surface area contributed by atoms with Gasteiger partial charge in [-0.25, -0.2) is 0 Å². The van der Waals surface area contributed by atoms with E-state index in [2.05, 4.69) is 53.5 Å². The summed E-state index contributed by atoms with van der Waals surface area (Å²) in [5.74, 6) is 1.57. The third-order valence-corrected chi connectivity index (χ3v) is 7.77. The molecule has 1 N–H and O–H groups in total. The number of hydrogen-bond donors (Lipinski definition) is 1. The van der Waals surface area contributed by atoms with Crippen LogP contribution >= 0.6 is 23.1 Å². The summed E-state index contributed by atoms with van der Waals surface area (Å²) in [7, 11) is 1.65. The van der Waals surface area contributed by atoms with Gasteiger partial charge in [-0.05, 0) is 49.1 Å². The first-order valence-electron chi connectivity index (χ1n) is 9.79. The molecular formula is C21H30N4OS2. The second-order valence-electron chi connectivity index (χ2n) is 8.44. The molecule has 1 aliphatic carbocycles. The molecule has 0 radical (unpaired) electrons. The first-order chi connectivity index (χ1) is 13.2. The lowest BCUT2D eigenvalue weighted by atomic mass is 9.72. The van der Waals surface area contributed by atoms with Gasteiger partial charge in [0.2, 0.25) is 5.91 Å². The second kappa shape index (κ2) is 8.41. The third kappa shape index (κ3) is 4.35. The van der Waals surface area contributed by atoms with Gasteiger partial charge in [-0.2, -0.15) is 0 Å². The van der Waals surface area contributed by atoms with Crippen molar-refractivity contribution in [2.45, 2.75) is 63.9 Å². The van der Waals surface area contributed by atoms with Crippen molar-refractivity contribution < 1.29 is 4.79 Å². The van der Waals surface area contributed by atoms with Crippen LogP contribution in [0.2, 0.25) is 0 Å². The average molecular weight is 419 g/mol. The number of fused-ring (bicyclic) bond motifs is 1. The fourth-order valence-corrected chi connectivity index (χ4v) is 5.76. The topological polar surface area (TPSA) is 59.8 Å². The van der Waals surface area contributed by atoms with Crippen LogP contribution in [0.25, 0.3) is 10.7 Å². The number of nitrogens with one attached hydrogen (secondary N) is 1. The number of aryl methyl sites for hydroxylation is 1. The van der Waals surface area contributed by atoms with Gasteiger partial charge in [0, 0.05) is 18.5 Å². The maximum atomic E-state index is 11.9. The Hall–Kier alpha value is -1.60. The number of rotatable bonds is 6. The number of thiophene rings is 1. The molecule has 3 rings (SSSR count). The van der Waals surface area contributed by atoms with Crippen molar-refractivity contribution in [2.75, 3.05) is 7.05 Å². The van der Waals surface area contributed by atoms with E-state index in [0.29, 0.717) is 17.9 Å². The largest absolute Gasteiger partial charge is 0.358 e. The zero-order valence-electron chi connectivity index (χ0n) is 17.4. The van der Waals surface area contributed by atoms with Crippen molar-refractivity contribution in [1.82, 2.24) is 20.1 Å². The lowest BCUT2D eigenvalue weighted by Crippen LogP contribution is -2.27. The maximum absolute atomic E-state index is 11.9. The van der Waals surface area contributed by atoms with Crippen molar-refractivity contribution in [1.29, 1.82) is 0 Å². The molecule has 2 heterocycles. The summed E-state index contributed by atoms with van der Waals surface area (Å²) in [6, 6.07) is 2.30. The molecule has 2 atom stereocenters. The van der Waals surface area contributed by atoms with E-state index in [-0.39, 0.29) is 11.2 Å². The molecule has 0 aromatic carbocycles. The van der Waals surface area contributed by atoms with E-state index < -0.39 is 0 Å². The van der Waals surface area contributed by atoms with Gasteiger partial charge in [-0.15, -0.1) is 28.1 Å². The van der Waals surface area contributed by atoms with Crippen LogP contribution < -0.4 is 5.32 Å². The molecule has 2 aromatic heterocycles. The Labute approximate surface area is 176 Å². The fraction of sp³-hybridized carbons (Fsp3) is 0.571. The van der Waals surface area contributed by atoms with Gasteiger partial charge in [0.15, 0.2) is 11.0 Å². The highest BCUT2D eigenvalue weighted by atomic mass is 32.2. The Kier molecular flexibility index (Phi) is 6.34. The summed E-state index contributed by atoms with van der Waals surface area (Å²) in [6.45, 7) is 13.4. The lowest BCUT2D eigenvalue weighted by molar-refractivity contribution is -0.119. The van der Waals surface area contributed by atoms with Gasteiger partial charge >= 0.3 is 0 Å². The third-order valence-electron chi connectivity index (χ3n) is 5.45. The Morgan fingerprint density at radius 3 is 2.89 bits per heavy atom. The monoisotopic (exact) mass is 418 g/mol. The number of thioether (sulfide) groups is 1. The normalized spacial score (nSPS) is 17.8. The number of allylic oxidation sites excluding steroid dienone is 1. The molecule has 2 aromatic rings. The number of hydrogen-bond acceptors (Lipinski definition) is 5. The lowest BCUT2D eigenvalue weighted by Gasteiger charge is -2.33. The Balaban J connectivity index is 1.89. The highest BCUT2D eigenvalue weighted by Crippen LogP contribution is 2.42. The van der Waals surface area contributed by atoms with Gasteiger partial charge < -0.3 is 5.32 Å². The molecule has 28 heavy (non-hydrogen) atoms. The summed E-state index contributed by atoms with van der Waals surface area (Å²) in [5.41, 5.74) is 1.80. The van der Waals surface area contributed by atoms with Gasteiger partial charge in [0.25, 0.3) is 0 Å². The Morgan fingerprint density at radius 1 is 1.50 bits per heavy atom. The summed E-state index contributed by atoms with van der Waals surface area (Å²) < 4.78 is 2.07. The smallest absolute Gasteiger partial charge is 0.233 e. The Bertz CT molecular complexity index is 862. The molecule has 1 amide bonds. The second-order valence-corrected chi connectivity index (χ2v) is 10.9. The molecule has 0 bridgehead atoms. The zero-order valence-corrected chi connectivity index (χ0v) is 19.0. The highest BCUT2D eigenvalue weighted by molar-refractivity contribution is 8.00. The molecule has 7 heteroatoms. The Morgan fingerprint density at radius 2 is 2.25 bits per heavy atom. The van der Waals surface area contributed by atoms with Crippen LogP contribution in [-0.2, 0) is 24.2 Å². The van der Waals surface area contributed by atoms with E-state index in [1.54, 1.807) is 7.05 Å². The average Bonchev–Trinajstić information content (AvgIpc) is 3.24. The summed E-state index contributed by atoms with van der Waals surface area (Å²) in [4.78, 5) is 14.5. The molecule has 5 nitrogen and oxygen atoms in total. The molecule has 1 aliphatic rings. The predicted octanol–water partition coefficient (Wildman–Crippen LogP) is 4.57. The van der Waals surface area contributed by atoms with Crippen LogP contribution in [0.15, 0.2) is 23.9 Å². The minimum absolute atomic E-state index is 0.0143. The first kappa shape index (κ1) is 21.1. The number of nitrogens with zero attached hydrogens (tertiary/aromatic N) is 3. The summed E-state index contributed by atoms with van der Waals surface area (Å²) in [6.07, 6.45) is 5.39. The van der Waals surface area contributed by atoms with Crippen molar-refractivity contribution in [3.05, 3.63) is 29.2 Å². The molecule has 0 fully saturated rings. The van der Waals surface area contributed by atoms with Crippen molar-refractivity contribution in [3.8, 4) is 10.7 Å². The van der Waals surface area contributed by atoms with Crippen LogP contribution in [0.1, 0.15) is 44.6 Å². The molecule has 0 saturated heterocycles. The van der Waals surface area contributed by atoms with E-state index >= 15 is 0 Å². The predicted molar refractivity (Wildman–Crippen MR) is 118 cm³/mol. The van der Waals surface area contributed by atoms with Crippen LogP contribution in [-0.4, -0.2) is 33.0 Å². The number of carbonyl (C=O) groups excluding carboxylic acids is 1. The minimum Gasteiger partial charge on any atom is -0.358 e. The standard InChI is InChI=1S/C21H30N4OS2/c1-7-10-25-18(23-24-20(25)27-13(2)19(26)22-6)17-12-14-11-15(21(3,4)5)8-9-16(14)28-17/h7,12-13,15H,1,8-11H2,2-6H3,(H,22,26)/t13-,15-/m1/s1. The molecule has 0 unspecified atom stereocenters. The molecule has 0 aliphatic heterocycles. The van der Waals surface area contributed by atoms with E-state index in [1.807, 2.05) is 24.3 Å². The molecule has 152 valence electrons. The number of carbonyl (C=O) groups is 1. The summed E-state index contributed by atoms with van der Waals surface area (Å²) >= 11 is 3.27. The summed E-state index contributed by atoms with van der Waals surface area (Å²) in [5, 5.41) is 12.1. The van der Waals surface area contributed by atoms with Gasteiger partial charge in [0.1, 0.15) is 0 Å². The molecular weight excluding hydrogens is 388 g/mol. The van der Waals surface area contributed by atoms with Gasteiger partial charge in [-0.3, -0.25) is 9.36 Å². The maximum Gasteiger partial charge on any atom is 0.233 e. The SMILES string of the molecule is C=CCn1c(S[C@H](C)C(=O)NC)nnc1-c1cc2c(s1)CC[C@@H](C(C)(C)C)C2.